The summed E-state index contributed by atoms with van der Waals surface area (Å²) in [6.07, 6.45) is 5.15. The van der Waals surface area contributed by atoms with Crippen molar-refractivity contribution in [3.8, 4) is 22.9 Å². The Bertz CT molecular complexity index is 1370. The first-order chi connectivity index (χ1) is 19.6. The number of aliphatic hydroxyl groups is 1. The monoisotopic (exact) mass is 563 g/mol. The summed E-state index contributed by atoms with van der Waals surface area (Å²) < 4.78 is 27.9. The van der Waals surface area contributed by atoms with Crippen molar-refractivity contribution < 1.29 is 18.5 Å². The fourth-order valence-electron chi connectivity index (χ4n) is 5.98. The van der Waals surface area contributed by atoms with Crippen LogP contribution in [0.1, 0.15) is 43.6 Å². The molecule has 3 aromatic rings. The van der Waals surface area contributed by atoms with Crippen molar-refractivity contribution in [1.29, 1.82) is 0 Å². The molecule has 2 unspecified atom stereocenters. The number of hydrogen-bond acceptors (Lipinski definition) is 8. The van der Waals surface area contributed by atoms with E-state index >= 15 is 0 Å². The second-order valence-electron chi connectivity index (χ2n) is 10.8. The summed E-state index contributed by atoms with van der Waals surface area (Å²) in [4.78, 5) is 4.74. The van der Waals surface area contributed by atoms with Crippen LogP contribution in [-0.2, 0) is 15.7 Å². The van der Waals surface area contributed by atoms with Gasteiger partial charge in [-0.05, 0) is 61.6 Å². The Labute approximate surface area is 237 Å². The van der Waals surface area contributed by atoms with Crippen molar-refractivity contribution in [2.45, 2.75) is 44.1 Å². The molecule has 2 atom stereocenters. The average Bonchev–Trinajstić information content (AvgIpc) is 3.48. The molecule has 2 aromatic carbocycles. The van der Waals surface area contributed by atoms with E-state index in [2.05, 4.69) is 49.5 Å². The number of benzene rings is 2. The molecule has 10 heteroatoms. The Hall–Kier alpha value is -3.21. The quantitative estimate of drug-likeness (QED) is 0.477. The Kier molecular flexibility index (Phi) is 8.17. The molecule has 2 saturated heterocycles. The van der Waals surface area contributed by atoms with E-state index in [1.165, 1.54) is 5.56 Å². The van der Waals surface area contributed by atoms with Gasteiger partial charge in [0.05, 0.1) is 36.3 Å². The van der Waals surface area contributed by atoms with E-state index in [-0.39, 0.29) is 18.5 Å². The van der Waals surface area contributed by atoms with Gasteiger partial charge in [0.1, 0.15) is 11.0 Å². The number of nitrogens with zero attached hydrogens (tertiary/aromatic N) is 4. The van der Waals surface area contributed by atoms with E-state index in [0.717, 1.165) is 86.5 Å². The van der Waals surface area contributed by atoms with Gasteiger partial charge >= 0.3 is 0 Å². The number of nitrogens with one attached hydrogen (secondary N) is 1. The van der Waals surface area contributed by atoms with Crippen LogP contribution in [0, 0.1) is 0 Å². The minimum atomic E-state index is -1.37. The van der Waals surface area contributed by atoms with Crippen molar-refractivity contribution in [3.63, 3.8) is 0 Å². The topological polar surface area (TPSA) is 104 Å². The summed E-state index contributed by atoms with van der Waals surface area (Å²) in [6, 6.07) is 14.3. The van der Waals surface area contributed by atoms with Crippen LogP contribution in [0.2, 0.25) is 0 Å². The van der Waals surface area contributed by atoms with Crippen LogP contribution in [0.25, 0.3) is 22.9 Å². The molecule has 0 spiro atoms. The third kappa shape index (κ3) is 5.94. The third-order valence-electron chi connectivity index (χ3n) is 8.16. The number of aliphatic hydroxyl groups excluding tert-OH is 1. The first-order valence-electron chi connectivity index (χ1n) is 14.2. The summed E-state index contributed by atoms with van der Waals surface area (Å²) in [5, 5.41) is 18.1. The van der Waals surface area contributed by atoms with Crippen LogP contribution in [0.3, 0.4) is 0 Å². The average molecular weight is 564 g/mol. The Morgan fingerprint density at radius 2 is 1.90 bits per heavy atom. The minimum absolute atomic E-state index is 0.143. The number of anilines is 2. The van der Waals surface area contributed by atoms with E-state index in [1.54, 1.807) is 0 Å². The number of rotatable bonds is 4. The summed E-state index contributed by atoms with van der Waals surface area (Å²) in [5.41, 5.74) is 5.85. The molecule has 0 amide bonds. The summed E-state index contributed by atoms with van der Waals surface area (Å²) in [6.45, 7) is 8.59. The number of fused-ring (bicyclic) bond motifs is 5. The van der Waals surface area contributed by atoms with Crippen LogP contribution in [0.15, 0.2) is 59.2 Å². The van der Waals surface area contributed by atoms with Gasteiger partial charge in [-0.25, -0.2) is 4.21 Å². The van der Waals surface area contributed by atoms with Crippen LogP contribution in [0.4, 0.5) is 11.4 Å². The first kappa shape index (κ1) is 27.0. The standard InChI is InChI=1S/C30H37N5O4S/c1-21-11-16-38-26-9-13-34(14-10-26)28-19-25(33-40(37)17-15-36)7-8-27(28)30-32-31-29(39-30)23-5-2-4-22(18-23)24-6-3-12-35(21)20-24/h2,4-5,7-8,18-19,24,26,33,36H,1,3,6,9-17,20H2. The van der Waals surface area contributed by atoms with Gasteiger partial charge in [0, 0.05) is 55.5 Å². The maximum Gasteiger partial charge on any atom is 0.250 e. The molecule has 2 fully saturated rings. The number of ether oxygens (including phenoxy) is 1. The van der Waals surface area contributed by atoms with Gasteiger partial charge in [-0.1, -0.05) is 18.7 Å². The van der Waals surface area contributed by atoms with Gasteiger partial charge in [-0.3, -0.25) is 0 Å². The zero-order valence-electron chi connectivity index (χ0n) is 22.8. The van der Waals surface area contributed by atoms with Gasteiger partial charge in [0.2, 0.25) is 11.8 Å². The predicted octanol–water partition coefficient (Wildman–Crippen LogP) is 4.55. The fourth-order valence-corrected chi connectivity index (χ4v) is 6.64. The van der Waals surface area contributed by atoms with E-state index < -0.39 is 11.0 Å². The van der Waals surface area contributed by atoms with Crippen molar-refractivity contribution in [2.75, 3.05) is 54.8 Å². The smallest absolute Gasteiger partial charge is 0.250 e. The van der Waals surface area contributed by atoms with Crippen LogP contribution < -0.4 is 9.62 Å². The molecule has 2 N–H and O–H groups in total. The second kappa shape index (κ2) is 12.1. The molecule has 0 radical (unpaired) electrons. The van der Waals surface area contributed by atoms with Gasteiger partial charge in [0.15, 0.2) is 0 Å². The highest BCUT2D eigenvalue weighted by Crippen LogP contribution is 2.37. The maximum absolute atomic E-state index is 12.3. The Morgan fingerprint density at radius 1 is 1.05 bits per heavy atom. The number of aromatic nitrogens is 2. The molecule has 9 nitrogen and oxygen atoms in total. The van der Waals surface area contributed by atoms with Gasteiger partial charge in [-0.15, -0.1) is 10.2 Å². The lowest BCUT2D eigenvalue weighted by Crippen LogP contribution is -2.38. The van der Waals surface area contributed by atoms with Gasteiger partial charge < -0.3 is 28.8 Å². The molecule has 4 aliphatic heterocycles. The van der Waals surface area contributed by atoms with E-state index in [9.17, 15) is 9.32 Å². The Morgan fingerprint density at radius 3 is 2.75 bits per heavy atom. The number of hydrogen-bond donors (Lipinski definition) is 2. The predicted molar refractivity (Wildman–Crippen MR) is 157 cm³/mol. The van der Waals surface area contributed by atoms with E-state index in [4.69, 9.17) is 9.15 Å². The maximum atomic E-state index is 12.3. The minimum Gasteiger partial charge on any atom is -0.416 e. The van der Waals surface area contributed by atoms with Crippen LogP contribution in [-0.4, -0.2) is 75.7 Å². The summed E-state index contributed by atoms with van der Waals surface area (Å²) in [7, 11) is -1.37. The second-order valence-corrected chi connectivity index (χ2v) is 12.1. The summed E-state index contributed by atoms with van der Waals surface area (Å²) in [5.74, 6) is 1.53. The summed E-state index contributed by atoms with van der Waals surface area (Å²) >= 11 is 0. The van der Waals surface area contributed by atoms with Gasteiger partial charge in [0.25, 0.3) is 0 Å². The Balaban J connectivity index is 1.36. The van der Waals surface area contributed by atoms with E-state index in [0.29, 0.717) is 24.3 Å². The lowest BCUT2D eigenvalue weighted by atomic mass is 9.89. The van der Waals surface area contributed by atoms with Crippen molar-refractivity contribution in [3.05, 3.63) is 60.3 Å². The molecule has 7 rings (SSSR count). The highest BCUT2D eigenvalue weighted by atomic mass is 32.2. The SMILES string of the molecule is C=C1CCOC2CCN(CC2)c2cc(NS(=O)CCO)ccc2-c2nnc(o2)-c2cccc(c2)C2CCCN1C2. The van der Waals surface area contributed by atoms with Crippen LogP contribution >= 0.6 is 0 Å². The molecule has 40 heavy (non-hydrogen) atoms. The molecule has 212 valence electrons. The van der Waals surface area contributed by atoms with Crippen LogP contribution in [0.5, 0.6) is 0 Å². The van der Waals surface area contributed by atoms with Crippen molar-refractivity contribution >= 4 is 22.4 Å². The molecule has 8 bridgehead atoms. The van der Waals surface area contributed by atoms with Crippen molar-refractivity contribution in [1.82, 2.24) is 15.1 Å². The first-order valence-corrected chi connectivity index (χ1v) is 15.5. The molecule has 0 aliphatic carbocycles. The fraction of sp³-hybridized carbons (Fsp3) is 0.467. The normalized spacial score (nSPS) is 22.2. The molecular formula is C30H37N5O4S. The largest absolute Gasteiger partial charge is 0.416 e. The molecule has 1 aromatic heterocycles. The lowest BCUT2D eigenvalue weighted by molar-refractivity contribution is 0.0359. The molecule has 0 saturated carbocycles. The zero-order valence-corrected chi connectivity index (χ0v) is 23.6. The molecule has 4 aliphatic rings. The highest BCUT2D eigenvalue weighted by Gasteiger charge is 2.26. The molecule has 5 heterocycles. The number of piperidine rings is 2. The van der Waals surface area contributed by atoms with Gasteiger partial charge in [-0.2, -0.15) is 0 Å². The molecular weight excluding hydrogens is 526 g/mol. The highest BCUT2D eigenvalue weighted by molar-refractivity contribution is 7.86. The lowest BCUT2D eigenvalue weighted by Gasteiger charge is -2.37. The third-order valence-corrected chi connectivity index (χ3v) is 9.18. The van der Waals surface area contributed by atoms with E-state index in [1.807, 2.05) is 24.3 Å². The van der Waals surface area contributed by atoms with Crippen molar-refractivity contribution in [2.24, 2.45) is 0 Å². The zero-order chi connectivity index (χ0) is 27.5.